The highest BCUT2D eigenvalue weighted by atomic mass is 16.5. The smallest absolute Gasteiger partial charge is 0.258 e. The van der Waals surface area contributed by atoms with Gasteiger partial charge in [-0.05, 0) is 12.1 Å². The lowest BCUT2D eigenvalue weighted by Gasteiger charge is -2.07. The van der Waals surface area contributed by atoms with Crippen molar-refractivity contribution in [2.45, 2.75) is 0 Å². The van der Waals surface area contributed by atoms with Crippen LogP contribution in [0.15, 0.2) is 24.3 Å². The van der Waals surface area contributed by atoms with Crippen LogP contribution in [0.4, 0.5) is 5.69 Å². The van der Waals surface area contributed by atoms with E-state index >= 15 is 0 Å². The van der Waals surface area contributed by atoms with Crippen LogP contribution in [0.3, 0.4) is 0 Å². The Bertz CT molecular complexity index is 384. The Hall–Kier alpha value is -2.22. The quantitative estimate of drug-likeness (QED) is 0.546. The van der Waals surface area contributed by atoms with E-state index in [1.165, 1.54) is 0 Å². The summed E-state index contributed by atoms with van der Waals surface area (Å²) in [4.78, 5) is 11.1. The number of ether oxygens (including phenoxy) is 1. The average molecular weight is 205 g/mol. The third-order valence-electron chi connectivity index (χ3n) is 1.64. The van der Waals surface area contributed by atoms with Gasteiger partial charge in [0.25, 0.3) is 5.91 Å². The van der Waals surface area contributed by atoms with Crippen LogP contribution in [-0.2, 0) is 4.79 Å². The summed E-state index contributed by atoms with van der Waals surface area (Å²) in [6.45, 7) is -0.164. The zero-order valence-corrected chi connectivity index (χ0v) is 8.06. The molecule has 0 fully saturated rings. The largest absolute Gasteiger partial charge is 0.482 e. The van der Waals surface area contributed by atoms with E-state index in [0.29, 0.717) is 11.4 Å². The minimum Gasteiger partial charge on any atom is -0.482 e. The van der Waals surface area contributed by atoms with Gasteiger partial charge in [-0.3, -0.25) is 4.79 Å². The zero-order valence-electron chi connectivity index (χ0n) is 8.06. The van der Waals surface area contributed by atoms with Crippen LogP contribution < -0.4 is 15.8 Å². The fourth-order valence-corrected chi connectivity index (χ4v) is 0.944. The maximum absolute atomic E-state index is 11.1. The minimum atomic E-state index is -0.347. The highest BCUT2D eigenvalue weighted by Crippen LogP contribution is 2.19. The summed E-state index contributed by atoms with van der Waals surface area (Å²) >= 11 is 0. The Balaban J connectivity index is 2.41. The van der Waals surface area contributed by atoms with Crippen molar-refractivity contribution in [2.75, 3.05) is 18.9 Å². The number of rotatable bonds is 4. The van der Waals surface area contributed by atoms with Crippen LogP contribution in [0.25, 0.3) is 0 Å². The third-order valence-corrected chi connectivity index (χ3v) is 1.64. The van der Waals surface area contributed by atoms with Crippen molar-refractivity contribution in [1.82, 2.24) is 5.32 Å². The van der Waals surface area contributed by atoms with Crippen LogP contribution in [-0.4, -0.2) is 19.1 Å². The lowest BCUT2D eigenvalue weighted by Crippen LogP contribution is -2.29. The molecule has 1 rings (SSSR count). The Morgan fingerprint density at radius 3 is 2.93 bits per heavy atom. The lowest BCUT2D eigenvalue weighted by atomic mass is 10.3. The van der Waals surface area contributed by atoms with Crippen molar-refractivity contribution in [3.63, 3.8) is 0 Å². The maximum atomic E-state index is 11.1. The fourth-order valence-electron chi connectivity index (χ4n) is 0.944. The minimum absolute atomic E-state index is 0.0214. The molecular formula is C10H11N3O2. The monoisotopic (exact) mass is 205 g/mol. The summed E-state index contributed by atoms with van der Waals surface area (Å²) in [5.41, 5.74) is 6.08. The summed E-state index contributed by atoms with van der Waals surface area (Å²) in [5, 5.41) is 10.6. The second-order valence-corrected chi connectivity index (χ2v) is 2.76. The Kier molecular flexibility index (Phi) is 3.98. The molecule has 0 spiro atoms. The standard InChI is InChI=1S/C10H11N3O2/c11-5-6-13-10(14)7-15-9-4-2-1-3-8(9)12/h1-4H,6-7,12H2,(H,13,14). The molecule has 0 aromatic heterocycles. The van der Waals surface area contributed by atoms with Crippen molar-refractivity contribution in [3.05, 3.63) is 24.3 Å². The number of nitrogens with one attached hydrogen (secondary N) is 1. The van der Waals surface area contributed by atoms with Crippen molar-refractivity contribution < 1.29 is 9.53 Å². The summed E-state index contributed by atoms with van der Waals surface area (Å²) < 4.78 is 5.15. The molecule has 15 heavy (non-hydrogen) atoms. The van der Waals surface area contributed by atoms with Crippen molar-refractivity contribution >= 4 is 11.6 Å². The van der Waals surface area contributed by atoms with Gasteiger partial charge < -0.3 is 15.8 Å². The van der Waals surface area contributed by atoms with Crippen LogP contribution in [0.5, 0.6) is 5.75 Å². The highest BCUT2D eigenvalue weighted by molar-refractivity contribution is 5.77. The maximum Gasteiger partial charge on any atom is 0.258 e. The van der Waals surface area contributed by atoms with Gasteiger partial charge >= 0.3 is 0 Å². The number of nitriles is 1. The topological polar surface area (TPSA) is 88.1 Å². The van der Waals surface area contributed by atoms with Gasteiger partial charge in [-0.15, -0.1) is 0 Å². The molecule has 1 amide bonds. The van der Waals surface area contributed by atoms with Gasteiger partial charge in [-0.2, -0.15) is 5.26 Å². The van der Waals surface area contributed by atoms with Gasteiger partial charge in [-0.25, -0.2) is 0 Å². The number of carbonyl (C=O) groups excluding carboxylic acids is 1. The summed E-state index contributed by atoms with van der Waals surface area (Å²) in [6, 6.07) is 8.69. The van der Waals surface area contributed by atoms with Gasteiger partial charge in [0.2, 0.25) is 0 Å². The molecule has 3 N–H and O–H groups in total. The number of nitrogens with zero attached hydrogens (tertiary/aromatic N) is 1. The normalized spacial score (nSPS) is 9.00. The van der Waals surface area contributed by atoms with E-state index in [-0.39, 0.29) is 19.1 Å². The Morgan fingerprint density at radius 2 is 2.27 bits per heavy atom. The molecule has 0 atom stereocenters. The molecule has 0 bridgehead atoms. The molecule has 1 aromatic rings. The molecule has 0 aliphatic heterocycles. The van der Waals surface area contributed by atoms with Crippen molar-refractivity contribution in [3.8, 4) is 11.8 Å². The van der Waals surface area contributed by atoms with E-state index in [1.54, 1.807) is 30.3 Å². The van der Waals surface area contributed by atoms with E-state index in [0.717, 1.165) is 0 Å². The molecule has 0 saturated carbocycles. The molecule has 0 radical (unpaired) electrons. The van der Waals surface area contributed by atoms with Crippen LogP contribution >= 0.6 is 0 Å². The molecule has 78 valence electrons. The van der Waals surface area contributed by atoms with Crippen LogP contribution in [0.2, 0.25) is 0 Å². The number of nitrogen functional groups attached to an aromatic ring is 1. The number of anilines is 1. The predicted molar refractivity (Wildman–Crippen MR) is 55.0 cm³/mol. The van der Waals surface area contributed by atoms with Gasteiger partial charge in [0, 0.05) is 0 Å². The van der Waals surface area contributed by atoms with Crippen LogP contribution in [0, 0.1) is 11.3 Å². The molecule has 5 nitrogen and oxygen atoms in total. The molecule has 0 heterocycles. The van der Waals surface area contributed by atoms with Gasteiger partial charge in [0.05, 0.1) is 11.8 Å². The molecule has 0 aliphatic rings. The zero-order chi connectivity index (χ0) is 11.1. The number of nitrogens with two attached hydrogens (primary N) is 1. The Morgan fingerprint density at radius 1 is 1.53 bits per heavy atom. The first-order valence-electron chi connectivity index (χ1n) is 4.35. The van der Waals surface area contributed by atoms with E-state index in [1.807, 2.05) is 0 Å². The van der Waals surface area contributed by atoms with E-state index < -0.39 is 0 Å². The first-order chi connectivity index (χ1) is 7.24. The third kappa shape index (κ3) is 3.56. The number of hydrogen-bond acceptors (Lipinski definition) is 4. The Labute approximate surface area is 87.4 Å². The molecule has 1 aromatic carbocycles. The van der Waals surface area contributed by atoms with Gasteiger partial charge in [0.1, 0.15) is 12.3 Å². The number of para-hydroxylation sites is 2. The number of benzene rings is 1. The highest BCUT2D eigenvalue weighted by Gasteiger charge is 2.03. The number of carbonyl (C=O) groups is 1. The molecule has 0 saturated heterocycles. The first kappa shape index (κ1) is 10.9. The van der Waals surface area contributed by atoms with Crippen LogP contribution in [0.1, 0.15) is 0 Å². The van der Waals surface area contributed by atoms with Gasteiger partial charge in [-0.1, -0.05) is 12.1 Å². The second-order valence-electron chi connectivity index (χ2n) is 2.76. The first-order valence-corrected chi connectivity index (χ1v) is 4.35. The summed E-state index contributed by atoms with van der Waals surface area (Å²) in [5.74, 6) is 0.115. The van der Waals surface area contributed by atoms with Crippen molar-refractivity contribution in [1.29, 1.82) is 5.26 Å². The predicted octanol–water partition coefficient (Wildman–Crippen LogP) is 0.287. The fraction of sp³-hybridized carbons (Fsp3) is 0.200. The number of amides is 1. The molecule has 0 aliphatic carbocycles. The molecular weight excluding hydrogens is 194 g/mol. The lowest BCUT2D eigenvalue weighted by molar-refractivity contribution is -0.122. The molecule has 5 heteroatoms. The van der Waals surface area contributed by atoms with Gasteiger partial charge in [0.15, 0.2) is 6.61 Å². The summed E-state index contributed by atoms with van der Waals surface area (Å²) in [7, 11) is 0. The second kappa shape index (κ2) is 5.50. The average Bonchev–Trinajstić information content (AvgIpc) is 2.25. The SMILES string of the molecule is N#CCNC(=O)COc1ccccc1N. The van der Waals surface area contributed by atoms with Crippen molar-refractivity contribution in [2.24, 2.45) is 0 Å². The molecule has 0 unspecified atom stereocenters. The summed E-state index contributed by atoms with van der Waals surface area (Å²) in [6.07, 6.45) is 0. The van der Waals surface area contributed by atoms with E-state index in [9.17, 15) is 4.79 Å². The number of hydrogen-bond donors (Lipinski definition) is 2. The van der Waals surface area contributed by atoms with E-state index in [2.05, 4.69) is 5.32 Å². The van der Waals surface area contributed by atoms with E-state index in [4.69, 9.17) is 15.7 Å².